The third kappa shape index (κ3) is 3.75. The van der Waals surface area contributed by atoms with Crippen LogP contribution in [0.2, 0.25) is 0 Å². The molecule has 1 aliphatic heterocycles. The molecule has 1 saturated heterocycles. The second-order valence-electron chi connectivity index (χ2n) is 8.50. The maximum absolute atomic E-state index is 10.3. The van der Waals surface area contributed by atoms with Crippen LogP contribution in [0, 0.1) is 0 Å². The van der Waals surface area contributed by atoms with Crippen molar-refractivity contribution in [2.45, 2.75) is 51.0 Å². The number of fused-ring (bicyclic) bond motifs is 2. The van der Waals surface area contributed by atoms with E-state index < -0.39 is 0 Å². The minimum absolute atomic E-state index is 0.0914. The molecular formula is C25H29N3O2. The van der Waals surface area contributed by atoms with Crippen molar-refractivity contribution in [1.29, 1.82) is 0 Å². The van der Waals surface area contributed by atoms with Crippen LogP contribution in [0.4, 0.5) is 0 Å². The molecule has 2 aromatic carbocycles. The first kappa shape index (κ1) is 19.3. The van der Waals surface area contributed by atoms with Gasteiger partial charge >= 0.3 is 0 Å². The molecule has 5 rings (SSSR count). The summed E-state index contributed by atoms with van der Waals surface area (Å²) in [6.07, 6.45) is 7.09. The number of ether oxygens (including phenoxy) is 1. The van der Waals surface area contributed by atoms with E-state index in [1.165, 1.54) is 11.1 Å². The molecule has 2 heterocycles. The quantitative estimate of drug-likeness (QED) is 0.702. The van der Waals surface area contributed by atoms with Crippen molar-refractivity contribution in [2.75, 3.05) is 13.1 Å². The van der Waals surface area contributed by atoms with Crippen LogP contribution in [0.15, 0.2) is 60.9 Å². The summed E-state index contributed by atoms with van der Waals surface area (Å²) in [5, 5.41) is 14.9. The fourth-order valence-corrected chi connectivity index (χ4v) is 5.03. The van der Waals surface area contributed by atoms with Crippen molar-refractivity contribution in [1.82, 2.24) is 14.7 Å². The van der Waals surface area contributed by atoms with Gasteiger partial charge in [0.2, 0.25) is 0 Å². The Hall–Kier alpha value is -2.63. The first-order valence-electron chi connectivity index (χ1n) is 11.0. The molecule has 0 amide bonds. The van der Waals surface area contributed by atoms with Gasteiger partial charge in [0.1, 0.15) is 5.75 Å². The van der Waals surface area contributed by atoms with Crippen LogP contribution >= 0.6 is 0 Å². The molecule has 1 aromatic heterocycles. The first-order chi connectivity index (χ1) is 14.7. The molecule has 2 aliphatic rings. The average Bonchev–Trinajstić information content (AvgIpc) is 3.23. The third-order valence-corrected chi connectivity index (χ3v) is 6.43. The highest BCUT2D eigenvalue weighted by molar-refractivity contribution is 5.61. The fraction of sp³-hybridized carbons (Fsp3) is 0.400. The molecule has 0 saturated carbocycles. The summed E-state index contributed by atoms with van der Waals surface area (Å²) >= 11 is 0. The summed E-state index contributed by atoms with van der Waals surface area (Å²) in [5.74, 6) is 0.401. The average molecular weight is 404 g/mol. The van der Waals surface area contributed by atoms with E-state index in [4.69, 9.17) is 4.74 Å². The Labute approximate surface area is 177 Å². The van der Waals surface area contributed by atoms with Crippen molar-refractivity contribution < 1.29 is 9.84 Å². The maximum atomic E-state index is 10.3. The lowest BCUT2D eigenvalue weighted by Gasteiger charge is -2.47. The predicted molar refractivity (Wildman–Crippen MR) is 117 cm³/mol. The molecule has 5 nitrogen and oxygen atoms in total. The lowest BCUT2D eigenvalue weighted by Crippen LogP contribution is -2.58. The number of aromatic nitrogens is 2. The molecule has 1 fully saturated rings. The standard InChI is InChI=1S/C25H29N3O2/c1-2-11-27-16-21(17-28-15-20(14-26-28)18-7-4-3-5-8-18)30-25-13-22-19(12-23(25)27)9-6-10-24(22)29/h3-10,14-15,21,23,25,29H,2,11-13,16-17H2,1H3/t21-,23+,25+/m0/s1. The number of phenolic OH excluding ortho intramolecular Hbond substituents is 1. The van der Waals surface area contributed by atoms with E-state index in [1.54, 1.807) is 6.07 Å². The third-order valence-electron chi connectivity index (χ3n) is 6.43. The molecule has 0 bridgehead atoms. The Morgan fingerprint density at radius 1 is 1.07 bits per heavy atom. The largest absolute Gasteiger partial charge is 0.508 e. The molecule has 0 spiro atoms. The van der Waals surface area contributed by atoms with Crippen LogP contribution in [-0.4, -0.2) is 51.1 Å². The Morgan fingerprint density at radius 2 is 1.93 bits per heavy atom. The topological polar surface area (TPSA) is 50.5 Å². The van der Waals surface area contributed by atoms with Gasteiger partial charge in [-0.25, -0.2) is 0 Å². The molecule has 0 radical (unpaired) electrons. The number of hydrogen-bond donors (Lipinski definition) is 1. The van der Waals surface area contributed by atoms with Crippen LogP contribution in [0.3, 0.4) is 0 Å². The number of nitrogens with zero attached hydrogens (tertiary/aromatic N) is 3. The Kier molecular flexibility index (Phi) is 5.32. The van der Waals surface area contributed by atoms with Crippen molar-refractivity contribution in [2.24, 2.45) is 0 Å². The number of hydrogen-bond acceptors (Lipinski definition) is 4. The van der Waals surface area contributed by atoms with Gasteiger partial charge in [0, 0.05) is 30.8 Å². The predicted octanol–water partition coefficient (Wildman–Crippen LogP) is 3.90. The minimum atomic E-state index is 0.0914. The lowest BCUT2D eigenvalue weighted by molar-refractivity contribution is -0.128. The Morgan fingerprint density at radius 3 is 2.77 bits per heavy atom. The minimum Gasteiger partial charge on any atom is -0.508 e. The first-order valence-corrected chi connectivity index (χ1v) is 11.0. The highest BCUT2D eigenvalue weighted by atomic mass is 16.5. The molecule has 5 heteroatoms. The van der Waals surface area contributed by atoms with Gasteiger partial charge < -0.3 is 9.84 Å². The van der Waals surface area contributed by atoms with Crippen molar-refractivity contribution in [3.8, 4) is 16.9 Å². The second-order valence-corrected chi connectivity index (χ2v) is 8.50. The van der Waals surface area contributed by atoms with Gasteiger partial charge in [-0.1, -0.05) is 49.4 Å². The van der Waals surface area contributed by atoms with Crippen molar-refractivity contribution in [3.63, 3.8) is 0 Å². The summed E-state index contributed by atoms with van der Waals surface area (Å²) < 4.78 is 8.59. The number of morpholine rings is 1. The zero-order chi connectivity index (χ0) is 20.5. The highest BCUT2D eigenvalue weighted by Gasteiger charge is 2.40. The molecule has 3 atom stereocenters. The Balaban J connectivity index is 1.34. The van der Waals surface area contributed by atoms with Crippen LogP contribution < -0.4 is 0 Å². The number of aromatic hydroxyl groups is 1. The normalized spacial score (nSPS) is 23.7. The van der Waals surface area contributed by atoms with Gasteiger partial charge in [0.05, 0.1) is 24.9 Å². The Bertz CT molecular complexity index is 1000. The maximum Gasteiger partial charge on any atom is 0.119 e. The molecule has 1 N–H and O–H groups in total. The monoisotopic (exact) mass is 403 g/mol. The highest BCUT2D eigenvalue weighted by Crippen LogP contribution is 2.35. The molecule has 156 valence electrons. The molecule has 3 aromatic rings. The van der Waals surface area contributed by atoms with E-state index in [0.29, 0.717) is 11.8 Å². The van der Waals surface area contributed by atoms with Crippen LogP contribution in [0.1, 0.15) is 24.5 Å². The van der Waals surface area contributed by atoms with Gasteiger partial charge in [0.15, 0.2) is 0 Å². The van der Waals surface area contributed by atoms with Gasteiger partial charge in [-0.05, 0) is 42.1 Å². The molecule has 0 unspecified atom stereocenters. The smallest absolute Gasteiger partial charge is 0.119 e. The zero-order valence-electron chi connectivity index (χ0n) is 17.4. The SMILES string of the molecule is CCCN1C[C@@H](Cn2cc(-c3ccccc3)cn2)O[C@@H]2Cc3c(O)cccc3C[C@H]21. The van der Waals surface area contributed by atoms with E-state index in [2.05, 4.69) is 53.5 Å². The fourth-order valence-electron chi connectivity index (χ4n) is 5.03. The van der Waals surface area contributed by atoms with E-state index in [1.807, 2.05) is 23.0 Å². The zero-order valence-corrected chi connectivity index (χ0v) is 17.4. The van der Waals surface area contributed by atoms with Gasteiger partial charge in [-0.3, -0.25) is 9.58 Å². The summed E-state index contributed by atoms with van der Waals surface area (Å²) in [6.45, 7) is 4.97. The van der Waals surface area contributed by atoms with Gasteiger partial charge in [0.25, 0.3) is 0 Å². The van der Waals surface area contributed by atoms with Crippen LogP contribution in [0.25, 0.3) is 11.1 Å². The number of phenols is 1. The van der Waals surface area contributed by atoms with Crippen molar-refractivity contribution >= 4 is 0 Å². The van der Waals surface area contributed by atoms with Crippen LogP contribution in [0.5, 0.6) is 5.75 Å². The van der Waals surface area contributed by atoms with Gasteiger partial charge in [-0.2, -0.15) is 5.10 Å². The van der Waals surface area contributed by atoms with E-state index in [0.717, 1.165) is 50.0 Å². The molecule has 1 aliphatic carbocycles. The lowest BCUT2D eigenvalue weighted by atomic mass is 9.83. The van der Waals surface area contributed by atoms with Crippen LogP contribution in [-0.2, 0) is 24.1 Å². The summed E-state index contributed by atoms with van der Waals surface area (Å²) in [7, 11) is 0. The van der Waals surface area contributed by atoms with E-state index >= 15 is 0 Å². The summed E-state index contributed by atoms with van der Waals surface area (Å²) in [6, 6.07) is 16.6. The van der Waals surface area contributed by atoms with Crippen molar-refractivity contribution in [3.05, 3.63) is 72.1 Å². The molecule has 30 heavy (non-hydrogen) atoms. The summed E-state index contributed by atoms with van der Waals surface area (Å²) in [4.78, 5) is 2.59. The van der Waals surface area contributed by atoms with E-state index in [9.17, 15) is 5.11 Å². The van der Waals surface area contributed by atoms with E-state index in [-0.39, 0.29) is 12.2 Å². The van der Waals surface area contributed by atoms with Gasteiger partial charge in [-0.15, -0.1) is 0 Å². The number of rotatable bonds is 5. The molecular weight excluding hydrogens is 374 g/mol. The second kappa shape index (κ2) is 8.25. The number of benzene rings is 2. The summed E-state index contributed by atoms with van der Waals surface area (Å²) in [5.41, 5.74) is 4.63.